The highest BCUT2D eigenvalue weighted by Gasteiger charge is 2.42. The summed E-state index contributed by atoms with van der Waals surface area (Å²) in [6.45, 7) is 4.47. The number of aliphatic hydroxyl groups excluding tert-OH is 1. The first-order valence-electron chi connectivity index (χ1n) is 7.44. The molecule has 1 aromatic carbocycles. The molecule has 2 nitrogen and oxygen atoms in total. The van der Waals surface area contributed by atoms with Gasteiger partial charge in [-0.2, -0.15) is 5.26 Å². The second-order valence-electron chi connectivity index (χ2n) is 6.43. The van der Waals surface area contributed by atoms with E-state index in [-0.39, 0.29) is 0 Å². The van der Waals surface area contributed by atoms with Crippen molar-refractivity contribution in [2.45, 2.75) is 45.6 Å². The lowest BCUT2D eigenvalue weighted by Crippen LogP contribution is -2.33. The molecule has 0 spiro atoms. The monoisotopic (exact) mass is 369 g/mol. The van der Waals surface area contributed by atoms with E-state index in [0.29, 0.717) is 16.9 Å². The largest absolute Gasteiger partial charge is 0.387 e. The van der Waals surface area contributed by atoms with E-state index in [2.05, 4.69) is 35.8 Å². The Morgan fingerprint density at radius 1 is 1.38 bits per heavy atom. The number of halogens is 2. The van der Waals surface area contributed by atoms with Crippen molar-refractivity contribution in [3.05, 3.63) is 33.3 Å². The molecule has 0 heterocycles. The summed E-state index contributed by atoms with van der Waals surface area (Å²) in [5.41, 5.74) is 0.0920. The second-order valence-corrected chi connectivity index (χ2v) is 7.69. The van der Waals surface area contributed by atoms with Crippen LogP contribution in [-0.4, -0.2) is 5.11 Å². The topological polar surface area (TPSA) is 44.0 Å². The molecule has 1 atom stereocenters. The Hall–Kier alpha value is -0.560. The standard InChI is InChI=1S/C17H21BrClNO/c1-11(2)12-5-7-17(10-20,8-6-12)16(21)13-3-4-15(19)14(18)9-13/h3-4,9,11-12,16,21H,5-8H2,1-2H3. The van der Waals surface area contributed by atoms with E-state index in [9.17, 15) is 10.4 Å². The molecule has 1 N–H and O–H groups in total. The number of nitrogens with zero attached hydrogens (tertiary/aromatic N) is 1. The van der Waals surface area contributed by atoms with Crippen LogP contribution in [0.4, 0.5) is 0 Å². The molecule has 1 fully saturated rings. The van der Waals surface area contributed by atoms with Crippen molar-refractivity contribution < 1.29 is 5.11 Å². The molecule has 0 amide bonds. The number of benzene rings is 1. The number of rotatable bonds is 3. The van der Waals surface area contributed by atoms with Gasteiger partial charge in [-0.15, -0.1) is 0 Å². The van der Waals surface area contributed by atoms with Gasteiger partial charge in [0.2, 0.25) is 0 Å². The fourth-order valence-electron chi connectivity index (χ4n) is 3.27. The van der Waals surface area contributed by atoms with Gasteiger partial charge in [0.05, 0.1) is 22.6 Å². The Balaban J connectivity index is 2.21. The smallest absolute Gasteiger partial charge is 0.0976 e. The zero-order valence-electron chi connectivity index (χ0n) is 12.4. The Labute approximate surface area is 140 Å². The maximum absolute atomic E-state index is 10.7. The minimum atomic E-state index is -0.760. The number of aliphatic hydroxyl groups is 1. The van der Waals surface area contributed by atoms with Crippen molar-refractivity contribution in [1.82, 2.24) is 0 Å². The summed E-state index contributed by atoms with van der Waals surface area (Å²) in [5.74, 6) is 1.30. The third-order valence-corrected chi connectivity index (χ3v) is 6.08. The Morgan fingerprint density at radius 3 is 2.48 bits per heavy atom. The predicted octanol–water partition coefficient (Wildman–Crippen LogP) is 5.49. The van der Waals surface area contributed by atoms with Crippen LogP contribution in [0.5, 0.6) is 0 Å². The van der Waals surface area contributed by atoms with Crippen LogP contribution < -0.4 is 0 Å². The molecule has 0 aromatic heterocycles. The summed E-state index contributed by atoms with van der Waals surface area (Å²) < 4.78 is 0.754. The Bertz CT molecular complexity index is 544. The van der Waals surface area contributed by atoms with Crippen molar-refractivity contribution in [2.24, 2.45) is 17.3 Å². The molecule has 1 saturated carbocycles. The highest BCUT2D eigenvalue weighted by atomic mass is 79.9. The van der Waals surface area contributed by atoms with Gasteiger partial charge in [0.25, 0.3) is 0 Å². The molecule has 1 unspecified atom stereocenters. The Kier molecular flexibility index (Phi) is 5.35. The van der Waals surface area contributed by atoms with Crippen molar-refractivity contribution in [1.29, 1.82) is 5.26 Å². The van der Waals surface area contributed by atoms with Crippen LogP contribution in [0.3, 0.4) is 0 Å². The molecule has 0 saturated heterocycles. The van der Waals surface area contributed by atoms with E-state index < -0.39 is 11.5 Å². The van der Waals surface area contributed by atoms with Gasteiger partial charge >= 0.3 is 0 Å². The molecule has 21 heavy (non-hydrogen) atoms. The van der Waals surface area contributed by atoms with Gasteiger partial charge < -0.3 is 5.11 Å². The Morgan fingerprint density at radius 2 is 2.00 bits per heavy atom. The molecule has 2 rings (SSSR count). The molecule has 1 aliphatic carbocycles. The summed E-state index contributed by atoms with van der Waals surface area (Å²) in [6, 6.07) is 7.80. The summed E-state index contributed by atoms with van der Waals surface area (Å²) in [6.07, 6.45) is 2.78. The average molecular weight is 371 g/mol. The number of hydrogen-bond acceptors (Lipinski definition) is 2. The van der Waals surface area contributed by atoms with Gasteiger partial charge in [-0.3, -0.25) is 0 Å². The molecular formula is C17H21BrClNO. The lowest BCUT2D eigenvalue weighted by molar-refractivity contribution is 0.0190. The third-order valence-electron chi connectivity index (χ3n) is 4.87. The second kappa shape index (κ2) is 6.69. The van der Waals surface area contributed by atoms with Crippen LogP contribution in [0.15, 0.2) is 22.7 Å². The molecule has 1 aliphatic rings. The summed E-state index contributed by atoms with van der Waals surface area (Å²) in [4.78, 5) is 0. The van der Waals surface area contributed by atoms with Gasteiger partial charge in [0.1, 0.15) is 0 Å². The number of nitriles is 1. The van der Waals surface area contributed by atoms with Crippen LogP contribution in [0.2, 0.25) is 5.02 Å². The van der Waals surface area contributed by atoms with E-state index in [0.717, 1.165) is 35.7 Å². The van der Waals surface area contributed by atoms with Crippen LogP contribution in [0, 0.1) is 28.6 Å². The highest BCUT2D eigenvalue weighted by molar-refractivity contribution is 9.10. The summed E-state index contributed by atoms with van der Waals surface area (Å²) >= 11 is 9.38. The van der Waals surface area contributed by atoms with Crippen LogP contribution in [-0.2, 0) is 0 Å². The van der Waals surface area contributed by atoms with Crippen LogP contribution in [0.1, 0.15) is 51.2 Å². The average Bonchev–Trinajstić information content (AvgIpc) is 2.49. The highest BCUT2D eigenvalue weighted by Crippen LogP contribution is 2.48. The van der Waals surface area contributed by atoms with Crippen molar-refractivity contribution in [3.63, 3.8) is 0 Å². The maximum Gasteiger partial charge on any atom is 0.0976 e. The zero-order chi connectivity index (χ0) is 15.6. The molecule has 0 aliphatic heterocycles. The van der Waals surface area contributed by atoms with E-state index in [1.807, 2.05) is 12.1 Å². The minimum absolute atomic E-state index is 0.612. The summed E-state index contributed by atoms with van der Waals surface area (Å²) in [5, 5.41) is 21.0. The molecular weight excluding hydrogens is 350 g/mol. The SMILES string of the molecule is CC(C)C1CCC(C#N)(C(O)c2ccc(Cl)c(Br)c2)CC1. The van der Waals surface area contributed by atoms with Crippen LogP contribution >= 0.6 is 27.5 Å². The fourth-order valence-corrected chi connectivity index (χ4v) is 3.78. The lowest BCUT2D eigenvalue weighted by atomic mass is 9.65. The molecule has 4 heteroatoms. The first-order valence-corrected chi connectivity index (χ1v) is 8.61. The van der Waals surface area contributed by atoms with Gasteiger partial charge in [-0.1, -0.05) is 31.5 Å². The lowest BCUT2D eigenvalue weighted by Gasteiger charge is -2.39. The third kappa shape index (κ3) is 3.44. The first-order chi connectivity index (χ1) is 9.89. The van der Waals surface area contributed by atoms with E-state index >= 15 is 0 Å². The minimum Gasteiger partial charge on any atom is -0.387 e. The quantitative estimate of drug-likeness (QED) is 0.764. The summed E-state index contributed by atoms with van der Waals surface area (Å²) in [7, 11) is 0. The molecule has 114 valence electrons. The van der Waals surface area contributed by atoms with Gasteiger partial charge in [0.15, 0.2) is 0 Å². The van der Waals surface area contributed by atoms with Gasteiger partial charge in [0, 0.05) is 4.47 Å². The maximum atomic E-state index is 10.7. The number of hydrogen-bond donors (Lipinski definition) is 1. The van der Waals surface area contributed by atoms with Crippen molar-refractivity contribution in [3.8, 4) is 6.07 Å². The predicted molar refractivity (Wildman–Crippen MR) is 89.0 cm³/mol. The van der Waals surface area contributed by atoms with Gasteiger partial charge in [-0.05, 0) is 71.1 Å². The zero-order valence-corrected chi connectivity index (χ0v) is 14.8. The van der Waals surface area contributed by atoms with Gasteiger partial charge in [-0.25, -0.2) is 0 Å². The van der Waals surface area contributed by atoms with Crippen molar-refractivity contribution >= 4 is 27.5 Å². The first kappa shape index (κ1) is 16.8. The molecule has 1 aromatic rings. The molecule has 0 bridgehead atoms. The van der Waals surface area contributed by atoms with E-state index in [1.165, 1.54) is 0 Å². The van der Waals surface area contributed by atoms with Crippen LogP contribution in [0.25, 0.3) is 0 Å². The fraction of sp³-hybridized carbons (Fsp3) is 0.588. The van der Waals surface area contributed by atoms with E-state index in [4.69, 9.17) is 11.6 Å². The normalized spacial score (nSPS) is 27.4. The van der Waals surface area contributed by atoms with E-state index in [1.54, 1.807) is 6.07 Å². The molecule has 0 radical (unpaired) electrons. The van der Waals surface area contributed by atoms with Crippen molar-refractivity contribution in [2.75, 3.05) is 0 Å².